The maximum Gasteiger partial charge on any atom is 0.191 e. The lowest BCUT2D eigenvalue weighted by Crippen LogP contribution is -2.47. The predicted octanol–water partition coefficient (Wildman–Crippen LogP) is 2.79. The summed E-state index contributed by atoms with van der Waals surface area (Å²) in [5.74, 6) is 1.76. The predicted molar refractivity (Wildman–Crippen MR) is 120 cm³/mol. The minimum Gasteiger partial charge on any atom is -0.497 e. The van der Waals surface area contributed by atoms with Crippen LogP contribution in [0.5, 0.6) is 5.75 Å². The number of hydrogen-bond donors (Lipinski definition) is 2. The number of rotatable bonds is 7. The molecule has 0 radical (unpaired) electrons. The molecule has 1 aromatic rings. The van der Waals surface area contributed by atoms with E-state index in [0.717, 1.165) is 31.1 Å². The quantitative estimate of drug-likeness (QED) is 0.351. The summed E-state index contributed by atoms with van der Waals surface area (Å²) in [5.41, 5.74) is 1.23. The fourth-order valence-electron chi connectivity index (χ4n) is 3.86. The van der Waals surface area contributed by atoms with Crippen molar-refractivity contribution in [2.75, 3.05) is 34.3 Å². The lowest BCUT2D eigenvalue weighted by molar-refractivity contribution is 0.0992. The number of fused-ring (bicyclic) bond motifs is 2. The van der Waals surface area contributed by atoms with Crippen LogP contribution in [0.2, 0.25) is 0 Å². The summed E-state index contributed by atoms with van der Waals surface area (Å²) in [6.45, 7) is 3.64. The largest absolute Gasteiger partial charge is 0.497 e. The number of halogens is 1. The second-order valence-corrected chi connectivity index (χ2v) is 7.33. The van der Waals surface area contributed by atoms with Crippen LogP contribution >= 0.6 is 24.0 Å². The van der Waals surface area contributed by atoms with E-state index in [4.69, 9.17) is 14.5 Å². The first-order valence-electron chi connectivity index (χ1n) is 9.61. The zero-order valence-corrected chi connectivity index (χ0v) is 19.1. The highest BCUT2D eigenvalue weighted by Gasteiger charge is 2.41. The SMILES string of the molecule is CCNC(=NCC(c1ccc(OC)cc1)N(C)C)NC1CC2CCC1O2.I. The van der Waals surface area contributed by atoms with Crippen LogP contribution < -0.4 is 15.4 Å². The molecule has 2 heterocycles. The van der Waals surface area contributed by atoms with Crippen LogP contribution in [-0.2, 0) is 4.74 Å². The molecule has 0 aliphatic carbocycles. The summed E-state index contributed by atoms with van der Waals surface area (Å²) < 4.78 is 11.2. The minimum atomic E-state index is 0. The van der Waals surface area contributed by atoms with E-state index >= 15 is 0 Å². The molecule has 2 N–H and O–H groups in total. The molecule has 2 fully saturated rings. The molecule has 152 valence electrons. The number of benzene rings is 1. The van der Waals surface area contributed by atoms with Crippen molar-refractivity contribution in [3.05, 3.63) is 29.8 Å². The number of nitrogens with zero attached hydrogens (tertiary/aromatic N) is 2. The average molecular weight is 488 g/mol. The van der Waals surface area contributed by atoms with Gasteiger partial charge in [-0.2, -0.15) is 0 Å². The van der Waals surface area contributed by atoms with Crippen molar-refractivity contribution in [1.82, 2.24) is 15.5 Å². The van der Waals surface area contributed by atoms with Gasteiger partial charge >= 0.3 is 0 Å². The summed E-state index contributed by atoms with van der Waals surface area (Å²) in [4.78, 5) is 7.07. The number of aliphatic imine (C=N–C) groups is 1. The second-order valence-electron chi connectivity index (χ2n) is 7.33. The number of hydrogen-bond acceptors (Lipinski definition) is 4. The van der Waals surface area contributed by atoms with Crippen molar-refractivity contribution in [3.63, 3.8) is 0 Å². The van der Waals surface area contributed by atoms with Crippen LogP contribution in [-0.4, -0.2) is 63.4 Å². The highest BCUT2D eigenvalue weighted by atomic mass is 127. The van der Waals surface area contributed by atoms with E-state index in [2.05, 4.69) is 48.7 Å². The number of ether oxygens (including phenoxy) is 2. The van der Waals surface area contributed by atoms with Crippen molar-refractivity contribution in [2.45, 2.75) is 50.5 Å². The molecule has 7 heteroatoms. The summed E-state index contributed by atoms with van der Waals surface area (Å²) in [6.07, 6.45) is 4.24. The number of nitrogens with one attached hydrogen (secondary N) is 2. The molecular weight excluding hydrogens is 455 g/mol. The molecule has 1 aromatic carbocycles. The monoisotopic (exact) mass is 488 g/mol. The second kappa shape index (κ2) is 10.5. The molecule has 2 saturated heterocycles. The van der Waals surface area contributed by atoms with Crippen LogP contribution in [0.25, 0.3) is 0 Å². The van der Waals surface area contributed by atoms with Gasteiger partial charge in [-0.3, -0.25) is 4.99 Å². The Bertz CT molecular complexity index is 609. The Balaban J connectivity index is 0.00000261. The van der Waals surface area contributed by atoms with Gasteiger partial charge in [0.15, 0.2) is 5.96 Å². The third kappa shape index (κ3) is 5.71. The molecular formula is C20H33IN4O2. The van der Waals surface area contributed by atoms with E-state index in [9.17, 15) is 0 Å². The highest BCUT2D eigenvalue weighted by molar-refractivity contribution is 14.0. The molecule has 3 rings (SSSR count). The smallest absolute Gasteiger partial charge is 0.191 e. The van der Waals surface area contributed by atoms with E-state index in [1.165, 1.54) is 12.0 Å². The van der Waals surface area contributed by atoms with Gasteiger partial charge in [0.1, 0.15) is 5.75 Å². The Morgan fingerprint density at radius 3 is 2.56 bits per heavy atom. The molecule has 2 aliphatic heterocycles. The molecule has 2 bridgehead atoms. The zero-order valence-electron chi connectivity index (χ0n) is 16.8. The Kier molecular flexibility index (Phi) is 8.62. The summed E-state index contributed by atoms with van der Waals surface area (Å²) in [6, 6.07) is 8.83. The first-order chi connectivity index (χ1) is 12.6. The molecule has 4 unspecified atom stereocenters. The van der Waals surface area contributed by atoms with Crippen molar-refractivity contribution < 1.29 is 9.47 Å². The maximum absolute atomic E-state index is 5.95. The molecule has 2 aliphatic rings. The van der Waals surface area contributed by atoms with Crippen molar-refractivity contribution >= 4 is 29.9 Å². The fraction of sp³-hybridized carbons (Fsp3) is 0.650. The van der Waals surface area contributed by atoms with Crippen molar-refractivity contribution in [2.24, 2.45) is 4.99 Å². The minimum absolute atomic E-state index is 0. The highest BCUT2D eigenvalue weighted by Crippen LogP contribution is 2.34. The molecule has 0 aromatic heterocycles. The standard InChI is InChI=1S/C20H32N4O2.HI/c1-5-21-20(23-17-12-16-10-11-19(17)26-16)22-13-18(24(2)3)14-6-8-15(25-4)9-7-14;/h6-9,16-19H,5,10-13H2,1-4H3,(H2,21,22,23);1H. The van der Waals surface area contributed by atoms with Gasteiger partial charge in [0.05, 0.1) is 37.9 Å². The van der Waals surface area contributed by atoms with Crippen LogP contribution in [0.15, 0.2) is 29.3 Å². The van der Waals surface area contributed by atoms with Gasteiger partial charge in [-0.15, -0.1) is 24.0 Å². The Hall–Kier alpha value is -1.06. The Labute approximate surface area is 180 Å². The van der Waals surface area contributed by atoms with Gasteiger partial charge in [0.2, 0.25) is 0 Å². The van der Waals surface area contributed by atoms with Gasteiger partial charge in [-0.05, 0) is 58.0 Å². The fourth-order valence-corrected chi connectivity index (χ4v) is 3.86. The van der Waals surface area contributed by atoms with Crippen LogP contribution in [0.3, 0.4) is 0 Å². The molecule has 0 saturated carbocycles. The molecule has 0 spiro atoms. The Morgan fingerprint density at radius 2 is 2.04 bits per heavy atom. The summed E-state index contributed by atoms with van der Waals surface area (Å²) >= 11 is 0. The van der Waals surface area contributed by atoms with Gasteiger partial charge in [0, 0.05) is 6.54 Å². The van der Waals surface area contributed by atoms with Gasteiger partial charge in [-0.1, -0.05) is 12.1 Å². The number of likely N-dealkylation sites (N-methyl/N-ethyl adjacent to an activating group) is 1. The first-order valence-corrected chi connectivity index (χ1v) is 9.61. The Morgan fingerprint density at radius 1 is 1.30 bits per heavy atom. The average Bonchev–Trinajstić information content (AvgIpc) is 3.25. The normalized spacial score (nSPS) is 25.2. The van der Waals surface area contributed by atoms with Gasteiger partial charge in [0.25, 0.3) is 0 Å². The van der Waals surface area contributed by atoms with E-state index in [0.29, 0.717) is 24.8 Å². The summed E-state index contributed by atoms with van der Waals surface area (Å²) in [5, 5.41) is 6.97. The van der Waals surface area contributed by atoms with Crippen LogP contribution in [0.1, 0.15) is 37.8 Å². The first kappa shape index (κ1) is 22.2. The van der Waals surface area contributed by atoms with Crippen molar-refractivity contribution in [1.29, 1.82) is 0 Å². The lowest BCUT2D eigenvalue weighted by Gasteiger charge is -2.25. The van der Waals surface area contributed by atoms with E-state index in [-0.39, 0.29) is 30.0 Å². The lowest BCUT2D eigenvalue weighted by atomic mass is 9.96. The topological polar surface area (TPSA) is 58.1 Å². The van der Waals surface area contributed by atoms with Crippen molar-refractivity contribution in [3.8, 4) is 5.75 Å². The van der Waals surface area contributed by atoms with Crippen LogP contribution in [0.4, 0.5) is 0 Å². The van der Waals surface area contributed by atoms with Gasteiger partial charge in [-0.25, -0.2) is 0 Å². The number of guanidine groups is 1. The van der Waals surface area contributed by atoms with E-state index in [1.54, 1.807) is 7.11 Å². The van der Waals surface area contributed by atoms with E-state index < -0.39 is 0 Å². The molecule has 0 amide bonds. The summed E-state index contributed by atoms with van der Waals surface area (Å²) in [7, 11) is 5.87. The third-order valence-electron chi connectivity index (χ3n) is 5.32. The molecule has 6 nitrogen and oxygen atoms in total. The zero-order chi connectivity index (χ0) is 18.5. The van der Waals surface area contributed by atoms with Crippen LogP contribution in [0, 0.1) is 0 Å². The number of methoxy groups -OCH3 is 1. The maximum atomic E-state index is 5.95. The molecule has 27 heavy (non-hydrogen) atoms. The van der Waals surface area contributed by atoms with Gasteiger partial charge < -0.3 is 25.0 Å². The third-order valence-corrected chi connectivity index (χ3v) is 5.32. The molecule has 4 atom stereocenters. The van der Waals surface area contributed by atoms with E-state index in [1.807, 2.05) is 12.1 Å².